The van der Waals surface area contributed by atoms with Crippen molar-refractivity contribution in [1.29, 1.82) is 0 Å². The van der Waals surface area contributed by atoms with Crippen LogP contribution in [0.1, 0.15) is 49.8 Å². The molecule has 1 saturated carbocycles. The van der Waals surface area contributed by atoms with Crippen molar-refractivity contribution >= 4 is 0 Å². The molecule has 0 unspecified atom stereocenters. The molecule has 1 N–H and O–H groups in total. The van der Waals surface area contributed by atoms with Crippen molar-refractivity contribution in [3.8, 4) is 22.8 Å². The van der Waals surface area contributed by atoms with E-state index in [0.29, 0.717) is 23.7 Å². The van der Waals surface area contributed by atoms with Crippen LogP contribution in [0.15, 0.2) is 47.0 Å². The van der Waals surface area contributed by atoms with Crippen molar-refractivity contribution in [3.63, 3.8) is 0 Å². The van der Waals surface area contributed by atoms with Gasteiger partial charge in [-0.15, -0.1) is 0 Å². The Balaban J connectivity index is 1.47. The van der Waals surface area contributed by atoms with E-state index in [2.05, 4.69) is 78.7 Å². The second-order valence-electron chi connectivity index (χ2n) is 8.38. The third-order valence-corrected chi connectivity index (χ3v) is 5.50. The van der Waals surface area contributed by atoms with Crippen LogP contribution in [-0.2, 0) is 13.0 Å². The van der Waals surface area contributed by atoms with E-state index in [1.807, 2.05) is 0 Å². The van der Waals surface area contributed by atoms with Gasteiger partial charge in [-0.2, -0.15) is 4.98 Å². The van der Waals surface area contributed by atoms with Crippen molar-refractivity contribution in [2.45, 2.75) is 59.0 Å². The maximum Gasteiger partial charge on any atom is 0.258 e. The maximum absolute atomic E-state index is 5.54. The van der Waals surface area contributed by atoms with Crippen LogP contribution in [0.5, 0.6) is 0 Å². The number of benzene rings is 2. The second kappa shape index (κ2) is 8.27. The molecule has 1 aliphatic carbocycles. The summed E-state index contributed by atoms with van der Waals surface area (Å²) in [4.78, 5) is 4.64. The molecular weight excluding hydrogens is 346 g/mol. The minimum absolute atomic E-state index is 0.571. The Hall–Kier alpha value is -2.46. The molecule has 4 nitrogen and oxygen atoms in total. The van der Waals surface area contributed by atoms with Gasteiger partial charge in [0.05, 0.1) is 0 Å². The standard InChI is InChI=1S/C24H29N3O/c1-16(2)13-18-7-10-20(11-8-18)24-26-23(27-28-24)22-12-9-19(14-17(22)3)15-25-21-5-4-6-21/h7-12,14,16,21,25H,4-6,13,15H2,1-3H3. The topological polar surface area (TPSA) is 51.0 Å². The molecule has 1 aromatic heterocycles. The monoisotopic (exact) mass is 375 g/mol. The lowest BCUT2D eigenvalue weighted by atomic mass is 9.93. The van der Waals surface area contributed by atoms with E-state index in [4.69, 9.17) is 4.52 Å². The molecule has 0 aliphatic heterocycles. The fraction of sp³-hybridized carbons (Fsp3) is 0.417. The Morgan fingerprint density at radius 2 is 1.82 bits per heavy atom. The van der Waals surface area contributed by atoms with E-state index in [1.165, 1.54) is 36.0 Å². The first kappa shape index (κ1) is 18.9. The lowest BCUT2D eigenvalue weighted by Gasteiger charge is -2.26. The van der Waals surface area contributed by atoms with Gasteiger partial charge in [0.2, 0.25) is 5.82 Å². The summed E-state index contributed by atoms with van der Waals surface area (Å²) in [5.74, 6) is 1.87. The Bertz CT molecular complexity index is 923. The molecule has 4 heteroatoms. The largest absolute Gasteiger partial charge is 0.334 e. The Labute approximate surface area is 167 Å². The number of hydrogen-bond acceptors (Lipinski definition) is 4. The van der Waals surface area contributed by atoms with Crippen LogP contribution in [0.2, 0.25) is 0 Å². The first-order chi connectivity index (χ1) is 13.6. The molecular formula is C24H29N3O. The normalized spacial score (nSPS) is 14.4. The predicted octanol–water partition coefficient (Wildman–Crippen LogP) is 5.55. The minimum atomic E-state index is 0.571. The highest BCUT2D eigenvalue weighted by atomic mass is 16.5. The summed E-state index contributed by atoms with van der Waals surface area (Å²) in [5.41, 5.74) is 5.80. The van der Waals surface area contributed by atoms with E-state index in [1.54, 1.807) is 0 Å². The molecule has 1 fully saturated rings. The number of nitrogens with zero attached hydrogens (tertiary/aromatic N) is 2. The van der Waals surface area contributed by atoms with E-state index in [-0.39, 0.29) is 0 Å². The Kier molecular flexibility index (Phi) is 5.58. The zero-order valence-corrected chi connectivity index (χ0v) is 17.0. The predicted molar refractivity (Wildman–Crippen MR) is 113 cm³/mol. The molecule has 1 aliphatic rings. The van der Waals surface area contributed by atoms with Crippen LogP contribution < -0.4 is 5.32 Å². The van der Waals surface area contributed by atoms with Crippen molar-refractivity contribution in [2.24, 2.45) is 5.92 Å². The number of nitrogens with one attached hydrogen (secondary N) is 1. The number of hydrogen-bond donors (Lipinski definition) is 1. The van der Waals surface area contributed by atoms with E-state index in [0.717, 1.165) is 24.1 Å². The summed E-state index contributed by atoms with van der Waals surface area (Å²) in [6.45, 7) is 7.50. The lowest BCUT2D eigenvalue weighted by Crippen LogP contribution is -2.34. The number of aromatic nitrogens is 2. The smallest absolute Gasteiger partial charge is 0.258 e. The third kappa shape index (κ3) is 4.33. The van der Waals surface area contributed by atoms with Gasteiger partial charge in [-0.3, -0.25) is 0 Å². The van der Waals surface area contributed by atoms with E-state index >= 15 is 0 Å². The Morgan fingerprint density at radius 3 is 2.46 bits per heavy atom. The van der Waals surface area contributed by atoms with Gasteiger partial charge in [0, 0.05) is 23.7 Å². The maximum atomic E-state index is 5.54. The van der Waals surface area contributed by atoms with Crippen molar-refractivity contribution in [3.05, 3.63) is 59.2 Å². The summed E-state index contributed by atoms with van der Waals surface area (Å²) in [6, 6.07) is 15.6. The fourth-order valence-corrected chi connectivity index (χ4v) is 3.67. The van der Waals surface area contributed by atoms with Crippen LogP contribution >= 0.6 is 0 Å². The van der Waals surface area contributed by atoms with Crippen molar-refractivity contribution in [1.82, 2.24) is 15.5 Å². The van der Waals surface area contributed by atoms with Gasteiger partial charge in [0.15, 0.2) is 0 Å². The van der Waals surface area contributed by atoms with Gasteiger partial charge < -0.3 is 9.84 Å². The molecule has 3 aromatic rings. The van der Waals surface area contributed by atoms with Gasteiger partial charge in [0.25, 0.3) is 5.89 Å². The van der Waals surface area contributed by atoms with Crippen molar-refractivity contribution in [2.75, 3.05) is 0 Å². The molecule has 4 rings (SSSR count). The van der Waals surface area contributed by atoms with Crippen LogP contribution in [0.3, 0.4) is 0 Å². The van der Waals surface area contributed by atoms with Crippen LogP contribution in [0, 0.1) is 12.8 Å². The molecule has 0 amide bonds. The molecule has 0 radical (unpaired) electrons. The summed E-state index contributed by atoms with van der Waals surface area (Å²) in [5, 5.41) is 7.83. The fourth-order valence-electron chi connectivity index (χ4n) is 3.67. The molecule has 0 atom stereocenters. The van der Waals surface area contributed by atoms with E-state index in [9.17, 15) is 0 Å². The molecule has 0 saturated heterocycles. The summed E-state index contributed by atoms with van der Waals surface area (Å²) in [7, 11) is 0. The third-order valence-electron chi connectivity index (χ3n) is 5.50. The average Bonchev–Trinajstić information content (AvgIpc) is 3.10. The zero-order chi connectivity index (χ0) is 19.5. The van der Waals surface area contributed by atoms with Gasteiger partial charge in [-0.05, 0) is 60.9 Å². The van der Waals surface area contributed by atoms with Gasteiger partial charge in [0.1, 0.15) is 0 Å². The van der Waals surface area contributed by atoms with Gasteiger partial charge in [-0.25, -0.2) is 0 Å². The van der Waals surface area contributed by atoms with Gasteiger partial charge in [-0.1, -0.05) is 55.8 Å². The highest BCUT2D eigenvalue weighted by Crippen LogP contribution is 2.26. The number of aryl methyl sites for hydroxylation is 1. The lowest BCUT2D eigenvalue weighted by molar-refractivity contribution is 0.338. The molecule has 0 spiro atoms. The highest BCUT2D eigenvalue weighted by molar-refractivity contribution is 5.63. The second-order valence-corrected chi connectivity index (χ2v) is 8.38. The Morgan fingerprint density at radius 1 is 1.07 bits per heavy atom. The zero-order valence-electron chi connectivity index (χ0n) is 17.0. The number of rotatable bonds is 7. The summed E-state index contributed by atoms with van der Waals surface area (Å²) < 4.78 is 5.54. The molecule has 0 bridgehead atoms. The minimum Gasteiger partial charge on any atom is -0.334 e. The first-order valence-electron chi connectivity index (χ1n) is 10.3. The van der Waals surface area contributed by atoms with Crippen LogP contribution in [0.4, 0.5) is 0 Å². The van der Waals surface area contributed by atoms with E-state index < -0.39 is 0 Å². The molecule has 1 heterocycles. The molecule has 2 aromatic carbocycles. The molecule has 28 heavy (non-hydrogen) atoms. The first-order valence-corrected chi connectivity index (χ1v) is 10.3. The van der Waals surface area contributed by atoms with Gasteiger partial charge >= 0.3 is 0 Å². The van der Waals surface area contributed by atoms with Crippen LogP contribution in [-0.4, -0.2) is 16.2 Å². The SMILES string of the molecule is Cc1cc(CNC2CCC2)ccc1-c1noc(-c2ccc(CC(C)C)cc2)n1. The van der Waals surface area contributed by atoms with Crippen LogP contribution in [0.25, 0.3) is 22.8 Å². The van der Waals surface area contributed by atoms with Crippen molar-refractivity contribution < 1.29 is 4.52 Å². The quantitative estimate of drug-likeness (QED) is 0.588. The average molecular weight is 376 g/mol. The molecule has 146 valence electrons. The highest BCUT2D eigenvalue weighted by Gasteiger charge is 2.17. The summed E-state index contributed by atoms with van der Waals surface area (Å²) >= 11 is 0. The summed E-state index contributed by atoms with van der Waals surface area (Å²) in [6.07, 6.45) is 5.05.